The lowest BCUT2D eigenvalue weighted by Crippen LogP contribution is -2.67. The Morgan fingerprint density at radius 1 is 0.846 bits per heavy atom. The van der Waals surface area contributed by atoms with Gasteiger partial charge in [0.25, 0.3) is 0 Å². The third-order valence-corrected chi connectivity index (χ3v) is 7.89. The zero-order chi connectivity index (χ0) is 18.0. The van der Waals surface area contributed by atoms with Crippen LogP contribution in [0.4, 0.5) is 0 Å². The van der Waals surface area contributed by atoms with Gasteiger partial charge in [0, 0.05) is 18.6 Å². The van der Waals surface area contributed by atoms with Crippen LogP contribution in [-0.2, 0) is 0 Å². The van der Waals surface area contributed by atoms with E-state index in [-0.39, 0.29) is 0 Å². The molecule has 1 aliphatic heterocycles. The Morgan fingerprint density at radius 2 is 1.38 bits per heavy atom. The van der Waals surface area contributed by atoms with Crippen LogP contribution in [0.25, 0.3) is 0 Å². The van der Waals surface area contributed by atoms with Crippen LogP contribution in [0.1, 0.15) is 89.2 Å². The minimum atomic E-state index is -0.456. The molecule has 2 atom stereocenters. The second-order valence-corrected chi connectivity index (χ2v) is 9.19. The normalized spacial score (nSPS) is 27.8. The monoisotopic (exact) mass is 355 g/mol. The van der Waals surface area contributed by atoms with Crippen molar-refractivity contribution < 1.29 is 5.11 Å². The molecule has 0 spiro atoms. The maximum Gasteiger partial charge on any atom is 0.0858 e. The van der Waals surface area contributed by atoms with Crippen LogP contribution < -0.4 is 0 Å². The Morgan fingerprint density at radius 3 is 1.85 bits per heavy atom. The van der Waals surface area contributed by atoms with E-state index in [1.807, 2.05) is 0 Å². The van der Waals surface area contributed by atoms with E-state index in [4.69, 9.17) is 0 Å². The highest BCUT2D eigenvalue weighted by molar-refractivity contribution is 5.20. The molecule has 2 heteroatoms. The Bertz CT molecular complexity index is 541. The average molecular weight is 356 g/mol. The summed E-state index contributed by atoms with van der Waals surface area (Å²) >= 11 is 0. The first-order valence-corrected chi connectivity index (χ1v) is 11.2. The smallest absolute Gasteiger partial charge is 0.0858 e. The minimum Gasteiger partial charge on any atom is -0.388 e. The van der Waals surface area contributed by atoms with Crippen LogP contribution >= 0.6 is 0 Å². The molecule has 0 bridgehead atoms. The van der Waals surface area contributed by atoms with E-state index in [2.05, 4.69) is 42.2 Å². The molecular weight excluding hydrogens is 318 g/mol. The lowest BCUT2D eigenvalue weighted by Gasteiger charge is -2.59. The Hall–Kier alpha value is -0.860. The molecule has 3 fully saturated rings. The summed E-state index contributed by atoms with van der Waals surface area (Å²) in [6.07, 6.45) is 14.2. The van der Waals surface area contributed by atoms with Crippen LogP contribution in [0, 0.1) is 11.8 Å². The summed E-state index contributed by atoms with van der Waals surface area (Å²) in [6.45, 7) is 3.48. The van der Waals surface area contributed by atoms with E-state index in [9.17, 15) is 5.11 Å². The molecule has 26 heavy (non-hydrogen) atoms. The van der Waals surface area contributed by atoms with Crippen molar-refractivity contribution in [3.05, 3.63) is 35.9 Å². The first kappa shape index (κ1) is 18.5. The second kappa shape index (κ2) is 8.02. The van der Waals surface area contributed by atoms with Crippen molar-refractivity contribution in [2.24, 2.45) is 11.8 Å². The van der Waals surface area contributed by atoms with Gasteiger partial charge in [-0.2, -0.15) is 0 Å². The quantitative estimate of drug-likeness (QED) is 0.731. The largest absolute Gasteiger partial charge is 0.388 e. The summed E-state index contributed by atoms with van der Waals surface area (Å²) in [7, 11) is 0. The van der Waals surface area contributed by atoms with E-state index >= 15 is 0 Å². The van der Waals surface area contributed by atoms with Gasteiger partial charge in [0.15, 0.2) is 0 Å². The Balaban J connectivity index is 1.58. The average Bonchev–Trinajstić information content (AvgIpc) is 2.69. The van der Waals surface area contributed by atoms with Gasteiger partial charge in [-0.1, -0.05) is 68.9 Å². The van der Waals surface area contributed by atoms with Gasteiger partial charge >= 0.3 is 0 Å². The van der Waals surface area contributed by atoms with Crippen LogP contribution in [0.15, 0.2) is 30.3 Å². The summed E-state index contributed by atoms with van der Waals surface area (Å²) in [5.74, 6) is 1.05. The number of hydrogen-bond acceptors (Lipinski definition) is 2. The molecule has 2 saturated carbocycles. The molecule has 0 unspecified atom stereocenters. The second-order valence-electron chi connectivity index (χ2n) is 9.19. The van der Waals surface area contributed by atoms with E-state index in [1.165, 1.54) is 76.2 Å². The third kappa shape index (κ3) is 3.36. The Labute approximate surface area is 160 Å². The molecule has 2 aliphatic carbocycles. The first-order chi connectivity index (χ1) is 12.7. The molecule has 1 N–H and O–H groups in total. The van der Waals surface area contributed by atoms with Gasteiger partial charge in [-0.3, -0.25) is 4.90 Å². The van der Waals surface area contributed by atoms with E-state index in [0.717, 1.165) is 6.54 Å². The van der Waals surface area contributed by atoms with Crippen molar-refractivity contribution in [1.82, 2.24) is 4.90 Å². The van der Waals surface area contributed by atoms with Crippen molar-refractivity contribution in [2.45, 2.75) is 95.2 Å². The van der Waals surface area contributed by atoms with Crippen LogP contribution in [0.5, 0.6) is 0 Å². The summed E-state index contributed by atoms with van der Waals surface area (Å²) in [5.41, 5.74) is 0.939. The number of aliphatic hydroxyl groups is 1. The number of nitrogens with zero attached hydrogens (tertiary/aromatic N) is 1. The maximum absolute atomic E-state index is 12.3. The highest BCUT2D eigenvalue weighted by Gasteiger charge is 2.54. The molecule has 1 aromatic rings. The van der Waals surface area contributed by atoms with Gasteiger partial charge in [0.1, 0.15) is 0 Å². The van der Waals surface area contributed by atoms with Crippen molar-refractivity contribution >= 4 is 0 Å². The number of rotatable bonds is 5. The van der Waals surface area contributed by atoms with Gasteiger partial charge < -0.3 is 5.11 Å². The summed E-state index contributed by atoms with van der Waals surface area (Å²) < 4.78 is 0. The number of benzene rings is 1. The molecule has 0 aromatic heterocycles. The topological polar surface area (TPSA) is 23.5 Å². The molecule has 2 nitrogen and oxygen atoms in total. The van der Waals surface area contributed by atoms with E-state index in [0.29, 0.717) is 23.9 Å². The number of likely N-dealkylation sites (tertiary alicyclic amines) is 1. The molecule has 0 amide bonds. The fourth-order valence-corrected chi connectivity index (χ4v) is 6.30. The lowest BCUT2D eigenvalue weighted by molar-refractivity contribution is -0.182. The fraction of sp³-hybridized carbons (Fsp3) is 0.750. The Kier molecular flexibility index (Phi) is 5.71. The SMILES string of the molecule is C[C@H](c1ccccc1)N1CC[C@H]1C(O)(C1CCCCC1)C1CCCCC1. The molecular formula is C24H37NO. The van der Waals surface area contributed by atoms with Crippen LogP contribution in [0.3, 0.4) is 0 Å². The summed E-state index contributed by atoms with van der Waals surface area (Å²) in [4.78, 5) is 2.62. The van der Waals surface area contributed by atoms with Gasteiger partial charge in [-0.15, -0.1) is 0 Å². The van der Waals surface area contributed by atoms with E-state index < -0.39 is 5.60 Å². The lowest BCUT2D eigenvalue weighted by atomic mass is 9.60. The molecule has 3 aliphatic rings. The van der Waals surface area contributed by atoms with Gasteiger partial charge in [0.2, 0.25) is 0 Å². The van der Waals surface area contributed by atoms with Gasteiger partial charge in [-0.05, 0) is 56.4 Å². The zero-order valence-corrected chi connectivity index (χ0v) is 16.6. The number of hydrogen-bond donors (Lipinski definition) is 1. The van der Waals surface area contributed by atoms with Gasteiger partial charge in [-0.25, -0.2) is 0 Å². The zero-order valence-electron chi connectivity index (χ0n) is 16.6. The first-order valence-electron chi connectivity index (χ1n) is 11.2. The predicted molar refractivity (Wildman–Crippen MR) is 108 cm³/mol. The molecule has 1 heterocycles. The molecule has 1 saturated heterocycles. The van der Waals surface area contributed by atoms with Crippen LogP contribution in [-0.4, -0.2) is 28.2 Å². The minimum absolute atomic E-state index is 0.365. The fourth-order valence-electron chi connectivity index (χ4n) is 6.30. The van der Waals surface area contributed by atoms with Gasteiger partial charge in [0.05, 0.1) is 5.60 Å². The summed E-state index contributed by atoms with van der Waals surface area (Å²) in [5, 5.41) is 12.3. The molecule has 0 radical (unpaired) electrons. The van der Waals surface area contributed by atoms with Crippen LogP contribution in [0.2, 0.25) is 0 Å². The highest BCUT2D eigenvalue weighted by Crippen LogP contribution is 2.50. The standard InChI is InChI=1S/C24H37NO/c1-19(20-11-5-2-6-12-20)25-18-17-23(25)24(26,21-13-7-3-8-14-21)22-15-9-4-10-16-22/h2,5-6,11-12,19,21-23,26H,3-4,7-10,13-18H2,1H3/t19-,23+/m1/s1. The maximum atomic E-state index is 12.3. The molecule has 4 rings (SSSR count). The summed E-state index contributed by atoms with van der Waals surface area (Å²) in [6, 6.07) is 11.7. The molecule has 144 valence electrons. The van der Waals surface area contributed by atoms with Crippen molar-refractivity contribution in [3.8, 4) is 0 Å². The van der Waals surface area contributed by atoms with Crippen molar-refractivity contribution in [1.29, 1.82) is 0 Å². The van der Waals surface area contributed by atoms with Crippen molar-refractivity contribution in [3.63, 3.8) is 0 Å². The van der Waals surface area contributed by atoms with Crippen molar-refractivity contribution in [2.75, 3.05) is 6.54 Å². The molecule has 1 aromatic carbocycles. The van der Waals surface area contributed by atoms with E-state index in [1.54, 1.807) is 0 Å². The highest BCUT2D eigenvalue weighted by atomic mass is 16.3. The third-order valence-electron chi connectivity index (χ3n) is 7.89. The predicted octanol–water partition coefficient (Wildman–Crippen LogP) is 5.71.